The van der Waals surface area contributed by atoms with Gasteiger partial charge < -0.3 is 0 Å². The molecular weight excluding hydrogens is 274 g/mol. The van der Waals surface area contributed by atoms with Gasteiger partial charge >= 0.3 is 0 Å². The Labute approximate surface area is 122 Å². The van der Waals surface area contributed by atoms with Crippen LogP contribution in [0.1, 0.15) is 22.5 Å². The lowest BCUT2D eigenvalue weighted by Gasteiger charge is -2.16. The summed E-state index contributed by atoms with van der Waals surface area (Å²) in [6.45, 7) is 3.95. The second-order valence-corrected chi connectivity index (χ2v) is 5.29. The zero-order chi connectivity index (χ0) is 15.6. The minimum Gasteiger partial charge on any atom is -0.272 e. The van der Waals surface area contributed by atoms with Crippen LogP contribution in [0, 0.1) is 25.5 Å². The molecule has 1 unspecified atom stereocenters. The summed E-state index contributed by atoms with van der Waals surface area (Å²) in [4.78, 5) is 0. The predicted octanol–water partition coefficient (Wildman–Crippen LogP) is 1.93. The molecular formula is C15H20F2N4. The van der Waals surface area contributed by atoms with E-state index in [4.69, 9.17) is 5.84 Å². The molecule has 21 heavy (non-hydrogen) atoms. The largest absolute Gasteiger partial charge is 0.272 e. The number of hydrogen-bond donors (Lipinski definition) is 2. The van der Waals surface area contributed by atoms with Gasteiger partial charge in [-0.3, -0.25) is 16.0 Å². The molecule has 0 saturated carbocycles. The van der Waals surface area contributed by atoms with Crippen molar-refractivity contribution in [2.75, 3.05) is 0 Å². The number of aryl methyl sites for hydroxylation is 2. The molecule has 0 radical (unpaired) electrons. The van der Waals surface area contributed by atoms with Gasteiger partial charge in [0.25, 0.3) is 0 Å². The topological polar surface area (TPSA) is 55.9 Å². The SMILES string of the molecule is Cc1nn(C)c(C)c1CC(Cc1ccc(F)c(F)c1)NN. The molecule has 1 aromatic heterocycles. The fourth-order valence-electron chi connectivity index (χ4n) is 2.50. The van der Waals surface area contributed by atoms with Gasteiger partial charge in [-0.25, -0.2) is 8.78 Å². The van der Waals surface area contributed by atoms with Crippen molar-refractivity contribution in [1.29, 1.82) is 0 Å². The van der Waals surface area contributed by atoms with Crippen molar-refractivity contribution >= 4 is 0 Å². The number of rotatable bonds is 5. The van der Waals surface area contributed by atoms with E-state index in [0.29, 0.717) is 18.4 Å². The number of nitrogens with one attached hydrogen (secondary N) is 1. The summed E-state index contributed by atoms with van der Waals surface area (Å²) in [7, 11) is 1.89. The molecule has 4 nitrogen and oxygen atoms in total. The minimum absolute atomic E-state index is 0.0727. The average Bonchev–Trinajstić information content (AvgIpc) is 2.68. The third kappa shape index (κ3) is 3.46. The van der Waals surface area contributed by atoms with Crippen molar-refractivity contribution in [3.05, 3.63) is 52.3 Å². The molecule has 114 valence electrons. The van der Waals surface area contributed by atoms with E-state index >= 15 is 0 Å². The van der Waals surface area contributed by atoms with Crippen molar-refractivity contribution in [3.8, 4) is 0 Å². The number of benzene rings is 1. The molecule has 3 N–H and O–H groups in total. The lowest BCUT2D eigenvalue weighted by Crippen LogP contribution is -2.38. The smallest absolute Gasteiger partial charge is 0.159 e. The lowest BCUT2D eigenvalue weighted by molar-refractivity contribution is 0.497. The fourth-order valence-corrected chi connectivity index (χ4v) is 2.50. The van der Waals surface area contributed by atoms with Crippen molar-refractivity contribution in [2.45, 2.75) is 32.7 Å². The summed E-state index contributed by atoms with van der Waals surface area (Å²) in [5.74, 6) is 3.92. The number of nitrogens with two attached hydrogens (primary N) is 1. The zero-order valence-electron chi connectivity index (χ0n) is 12.5. The molecule has 0 aliphatic heterocycles. The van der Waals surface area contributed by atoms with Gasteiger partial charge in [-0.2, -0.15) is 5.10 Å². The molecule has 0 saturated heterocycles. The summed E-state index contributed by atoms with van der Waals surface area (Å²) >= 11 is 0. The Morgan fingerprint density at radius 1 is 1.24 bits per heavy atom. The maximum absolute atomic E-state index is 13.3. The van der Waals surface area contributed by atoms with Crippen LogP contribution in [0.5, 0.6) is 0 Å². The first-order valence-corrected chi connectivity index (χ1v) is 6.81. The minimum atomic E-state index is -0.838. The first-order chi connectivity index (χ1) is 9.92. The lowest BCUT2D eigenvalue weighted by atomic mass is 9.98. The van der Waals surface area contributed by atoms with E-state index in [1.54, 1.807) is 6.07 Å². The quantitative estimate of drug-likeness (QED) is 0.654. The van der Waals surface area contributed by atoms with Crippen LogP contribution in [0.25, 0.3) is 0 Å². The van der Waals surface area contributed by atoms with Crippen molar-refractivity contribution in [1.82, 2.24) is 15.2 Å². The van der Waals surface area contributed by atoms with Crippen LogP contribution in [0.2, 0.25) is 0 Å². The molecule has 0 spiro atoms. The molecule has 0 amide bonds. The Morgan fingerprint density at radius 3 is 2.48 bits per heavy atom. The summed E-state index contributed by atoms with van der Waals surface area (Å²) < 4.78 is 28.0. The molecule has 0 fully saturated rings. The van der Waals surface area contributed by atoms with Gasteiger partial charge in [-0.1, -0.05) is 6.07 Å². The van der Waals surface area contributed by atoms with Crippen LogP contribution in [-0.2, 0) is 19.9 Å². The number of aromatic nitrogens is 2. The zero-order valence-corrected chi connectivity index (χ0v) is 12.5. The molecule has 1 heterocycles. The van der Waals surface area contributed by atoms with E-state index in [2.05, 4.69) is 10.5 Å². The molecule has 0 bridgehead atoms. The van der Waals surface area contributed by atoms with Gasteiger partial charge in [-0.15, -0.1) is 0 Å². The maximum Gasteiger partial charge on any atom is 0.159 e. The molecule has 2 rings (SSSR count). The monoisotopic (exact) mass is 294 g/mol. The highest BCUT2D eigenvalue weighted by atomic mass is 19.2. The highest BCUT2D eigenvalue weighted by Crippen LogP contribution is 2.17. The summed E-state index contributed by atoms with van der Waals surface area (Å²) in [6, 6.07) is 3.85. The standard InChI is InChI=1S/C15H20F2N4/c1-9-13(10(2)21(3)20-9)8-12(19-18)6-11-4-5-14(16)15(17)7-11/h4-5,7,12,19H,6,8,18H2,1-3H3. The summed E-state index contributed by atoms with van der Waals surface area (Å²) in [5, 5.41) is 4.37. The molecule has 0 aliphatic carbocycles. The van der Waals surface area contributed by atoms with E-state index in [-0.39, 0.29) is 6.04 Å². The van der Waals surface area contributed by atoms with Crippen LogP contribution in [-0.4, -0.2) is 15.8 Å². The predicted molar refractivity (Wildman–Crippen MR) is 77.6 cm³/mol. The Kier molecular flexibility index (Phi) is 4.69. The number of hydrazine groups is 1. The van der Waals surface area contributed by atoms with Crippen LogP contribution in [0.4, 0.5) is 8.78 Å². The van der Waals surface area contributed by atoms with Gasteiger partial charge in [0.15, 0.2) is 11.6 Å². The van der Waals surface area contributed by atoms with Crippen molar-refractivity contribution in [2.24, 2.45) is 12.9 Å². The Morgan fingerprint density at radius 2 is 1.95 bits per heavy atom. The second kappa shape index (κ2) is 6.32. The Balaban J connectivity index is 2.14. The van der Waals surface area contributed by atoms with E-state index in [1.807, 2.05) is 25.6 Å². The normalized spacial score (nSPS) is 12.7. The third-order valence-corrected chi connectivity index (χ3v) is 3.81. The van der Waals surface area contributed by atoms with Crippen LogP contribution < -0.4 is 11.3 Å². The second-order valence-electron chi connectivity index (χ2n) is 5.29. The average molecular weight is 294 g/mol. The number of halogens is 2. The van der Waals surface area contributed by atoms with Gasteiger partial charge in [-0.05, 0) is 49.9 Å². The molecule has 2 aromatic rings. The Hall–Kier alpha value is -1.79. The molecule has 1 aromatic carbocycles. The van der Waals surface area contributed by atoms with E-state index in [0.717, 1.165) is 23.0 Å². The highest BCUT2D eigenvalue weighted by molar-refractivity contribution is 5.26. The van der Waals surface area contributed by atoms with Gasteiger partial charge in [0.1, 0.15) is 0 Å². The number of hydrogen-bond acceptors (Lipinski definition) is 3. The highest BCUT2D eigenvalue weighted by Gasteiger charge is 2.16. The van der Waals surface area contributed by atoms with Crippen LogP contribution >= 0.6 is 0 Å². The summed E-state index contributed by atoms with van der Waals surface area (Å²) in [6.07, 6.45) is 1.20. The fraction of sp³-hybridized carbons (Fsp3) is 0.400. The first kappa shape index (κ1) is 15.6. The first-order valence-electron chi connectivity index (χ1n) is 6.81. The summed E-state index contributed by atoms with van der Waals surface area (Å²) in [5.41, 5.74) is 6.62. The van der Waals surface area contributed by atoms with E-state index in [9.17, 15) is 8.78 Å². The number of nitrogens with zero attached hydrogens (tertiary/aromatic N) is 2. The van der Waals surface area contributed by atoms with Gasteiger partial charge in [0.05, 0.1) is 5.69 Å². The third-order valence-electron chi connectivity index (χ3n) is 3.81. The van der Waals surface area contributed by atoms with E-state index < -0.39 is 11.6 Å². The van der Waals surface area contributed by atoms with Crippen molar-refractivity contribution in [3.63, 3.8) is 0 Å². The van der Waals surface area contributed by atoms with Crippen molar-refractivity contribution < 1.29 is 8.78 Å². The van der Waals surface area contributed by atoms with E-state index in [1.165, 1.54) is 6.07 Å². The van der Waals surface area contributed by atoms with Crippen LogP contribution in [0.15, 0.2) is 18.2 Å². The molecule has 6 heteroatoms. The maximum atomic E-state index is 13.3. The van der Waals surface area contributed by atoms with Gasteiger partial charge in [0, 0.05) is 18.8 Å². The molecule has 1 atom stereocenters. The molecule has 0 aliphatic rings. The van der Waals surface area contributed by atoms with Gasteiger partial charge in [0.2, 0.25) is 0 Å². The van der Waals surface area contributed by atoms with Crippen LogP contribution in [0.3, 0.4) is 0 Å². The Bertz CT molecular complexity index is 637.